The van der Waals surface area contributed by atoms with Gasteiger partial charge in [-0.25, -0.2) is 13.9 Å². The van der Waals surface area contributed by atoms with Crippen molar-refractivity contribution in [3.63, 3.8) is 0 Å². The van der Waals surface area contributed by atoms with E-state index < -0.39 is 17.9 Å². The van der Waals surface area contributed by atoms with E-state index in [9.17, 15) is 19.1 Å². The van der Waals surface area contributed by atoms with Gasteiger partial charge >= 0.3 is 5.97 Å². The van der Waals surface area contributed by atoms with Gasteiger partial charge in [0.25, 0.3) is 5.91 Å². The average molecular weight is 331 g/mol. The first-order valence-corrected chi connectivity index (χ1v) is 7.81. The van der Waals surface area contributed by atoms with Crippen LogP contribution in [0.4, 0.5) is 4.39 Å². The highest BCUT2D eigenvalue weighted by Crippen LogP contribution is 2.24. The molecule has 2 unspecified atom stereocenters. The fraction of sp³-hybridized carbons (Fsp3) is 0.353. The Bertz CT molecular complexity index is 757. The maximum atomic E-state index is 13.0. The van der Waals surface area contributed by atoms with Crippen LogP contribution in [0, 0.1) is 11.7 Å². The number of rotatable bonds is 3. The van der Waals surface area contributed by atoms with Gasteiger partial charge in [0.2, 0.25) is 0 Å². The largest absolute Gasteiger partial charge is 0.480 e. The minimum Gasteiger partial charge on any atom is -0.480 e. The summed E-state index contributed by atoms with van der Waals surface area (Å²) < 4.78 is 14.5. The zero-order valence-corrected chi connectivity index (χ0v) is 13.2. The molecule has 0 aliphatic carbocycles. The second-order valence-electron chi connectivity index (χ2n) is 6.10. The molecule has 24 heavy (non-hydrogen) atoms. The number of piperidine rings is 1. The molecule has 1 saturated heterocycles. The van der Waals surface area contributed by atoms with Crippen LogP contribution in [0.15, 0.2) is 36.5 Å². The number of carboxylic acid groups (broad SMARTS) is 1. The van der Waals surface area contributed by atoms with Crippen molar-refractivity contribution in [1.82, 2.24) is 14.7 Å². The third kappa shape index (κ3) is 3.15. The van der Waals surface area contributed by atoms with Crippen molar-refractivity contribution in [2.75, 3.05) is 6.54 Å². The number of likely N-dealkylation sites (tertiary alicyclic amines) is 1. The smallest absolute Gasteiger partial charge is 0.326 e. The number of aromatic nitrogens is 2. The summed E-state index contributed by atoms with van der Waals surface area (Å²) in [4.78, 5) is 25.5. The van der Waals surface area contributed by atoms with Crippen molar-refractivity contribution >= 4 is 11.9 Å². The van der Waals surface area contributed by atoms with Crippen molar-refractivity contribution in [2.24, 2.45) is 5.92 Å². The predicted octanol–water partition coefficient (Wildman–Crippen LogP) is 2.34. The van der Waals surface area contributed by atoms with Gasteiger partial charge in [-0.3, -0.25) is 4.79 Å². The number of hydrogen-bond acceptors (Lipinski definition) is 3. The lowest BCUT2D eigenvalue weighted by molar-refractivity contribution is -0.144. The van der Waals surface area contributed by atoms with Crippen LogP contribution in [0.25, 0.3) is 5.69 Å². The van der Waals surface area contributed by atoms with E-state index in [4.69, 9.17) is 0 Å². The molecule has 2 atom stereocenters. The van der Waals surface area contributed by atoms with E-state index in [2.05, 4.69) is 5.10 Å². The minimum absolute atomic E-state index is 0.181. The lowest BCUT2D eigenvalue weighted by Crippen LogP contribution is -2.49. The first kappa shape index (κ1) is 16.2. The zero-order valence-electron chi connectivity index (χ0n) is 13.2. The highest BCUT2D eigenvalue weighted by molar-refractivity contribution is 5.95. The molecule has 0 spiro atoms. The van der Waals surface area contributed by atoms with Gasteiger partial charge < -0.3 is 10.0 Å². The molecule has 1 amide bonds. The minimum atomic E-state index is -0.993. The topological polar surface area (TPSA) is 75.4 Å². The molecule has 6 nitrogen and oxygen atoms in total. The molecule has 2 aromatic rings. The standard InChI is InChI=1S/C17H18FN3O3/c1-11-6-8-20(15(10-11)17(23)24)16(22)14-7-9-21(19-14)13-4-2-12(18)3-5-13/h2-5,7,9,11,15H,6,8,10H2,1H3,(H,23,24). The third-order valence-electron chi connectivity index (χ3n) is 4.31. The van der Waals surface area contributed by atoms with Crippen LogP contribution in [-0.2, 0) is 4.79 Å². The van der Waals surface area contributed by atoms with Gasteiger partial charge in [0.05, 0.1) is 5.69 Å². The lowest BCUT2D eigenvalue weighted by Gasteiger charge is -2.35. The van der Waals surface area contributed by atoms with Gasteiger partial charge in [0.15, 0.2) is 5.69 Å². The maximum Gasteiger partial charge on any atom is 0.326 e. The van der Waals surface area contributed by atoms with E-state index in [0.717, 1.165) is 6.42 Å². The Morgan fingerprint density at radius 1 is 1.25 bits per heavy atom. The molecule has 2 heterocycles. The second-order valence-corrected chi connectivity index (χ2v) is 6.10. The molecule has 1 fully saturated rings. The van der Waals surface area contributed by atoms with E-state index in [0.29, 0.717) is 18.7 Å². The Morgan fingerprint density at radius 2 is 1.96 bits per heavy atom. The Kier molecular flexibility index (Phi) is 4.33. The molecular formula is C17H18FN3O3. The van der Waals surface area contributed by atoms with Crippen molar-refractivity contribution in [2.45, 2.75) is 25.8 Å². The fourth-order valence-electron chi connectivity index (χ4n) is 2.94. The first-order chi connectivity index (χ1) is 11.5. The summed E-state index contributed by atoms with van der Waals surface area (Å²) in [5.74, 6) is -1.47. The van der Waals surface area contributed by atoms with Crippen molar-refractivity contribution in [3.05, 3.63) is 48.0 Å². The summed E-state index contributed by atoms with van der Waals surface area (Å²) in [7, 11) is 0. The quantitative estimate of drug-likeness (QED) is 0.937. The van der Waals surface area contributed by atoms with Gasteiger partial charge in [-0.15, -0.1) is 0 Å². The molecule has 0 bridgehead atoms. The van der Waals surface area contributed by atoms with Crippen LogP contribution in [0.5, 0.6) is 0 Å². The second kappa shape index (κ2) is 6.43. The van der Waals surface area contributed by atoms with Crippen LogP contribution >= 0.6 is 0 Å². The number of benzene rings is 1. The maximum absolute atomic E-state index is 13.0. The predicted molar refractivity (Wildman–Crippen MR) is 84.4 cm³/mol. The average Bonchev–Trinajstić information content (AvgIpc) is 3.04. The molecule has 1 aliphatic rings. The van der Waals surface area contributed by atoms with Gasteiger partial charge in [-0.1, -0.05) is 6.92 Å². The van der Waals surface area contributed by atoms with E-state index in [1.807, 2.05) is 6.92 Å². The highest BCUT2D eigenvalue weighted by atomic mass is 19.1. The van der Waals surface area contributed by atoms with E-state index in [1.54, 1.807) is 24.4 Å². The van der Waals surface area contributed by atoms with Crippen LogP contribution in [0.2, 0.25) is 0 Å². The SMILES string of the molecule is CC1CCN(C(=O)c2ccn(-c3ccc(F)cc3)n2)C(C(=O)O)C1. The Labute approximate surface area is 138 Å². The zero-order chi connectivity index (χ0) is 17.3. The highest BCUT2D eigenvalue weighted by Gasteiger charge is 2.35. The van der Waals surface area contributed by atoms with Crippen LogP contribution < -0.4 is 0 Å². The normalized spacial score (nSPS) is 20.8. The summed E-state index contributed by atoms with van der Waals surface area (Å²) in [5, 5.41) is 13.6. The molecule has 7 heteroatoms. The Morgan fingerprint density at radius 3 is 2.62 bits per heavy atom. The van der Waals surface area contributed by atoms with Gasteiger partial charge in [-0.2, -0.15) is 5.10 Å². The van der Waals surface area contributed by atoms with Crippen molar-refractivity contribution in [1.29, 1.82) is 0 Å². The molecule has 126 valence electrons. The van der Waals surface area contributed by atoms with Crippen molar-refractivity contribution < 1.29 is 19.1 Å². The fourth-order valence-corrected chi connectivity index (χ4v) is 2.94. The number of carboxylic acids is 1. The summed E-state index contributed by atoms with van der Waals surface area (Å²) in [6.07, 6.45) is 2.82. The van der Waals surface area contributed by atoms with Crippen molar-refractivity contribution in [3.8, 4) is 5.69 Å². The number of hydrogen-bond donors (Lipinski definition) is 1. The molecule has 1 aliphatic heterocycles. The molecule has 0 radical (unpaired) electrons. The Balaban J connectivity index is 1.82. The first-order valence-electron chi connectivity index (χ1n) is 7.81. The van der Waals surface area contributed by atoms with Gasteiger partial charge in [0, 0.05) is 12.7 Å². The summed E-state index contributed by atoms with van der Waals surface area (Å²) in [5.41, 5.74) is 0.803. The van der Waals surface area contributed by atoms with Crippen LogP contribution in [0.1, 0.15) is 30.3 Å². The number of carbonyl (C=O) groups excluding carboxylic acids is 1. The summed E-state index contributed by atoms with van der Waals surface area (Å²) >= 11 is 0. The number of carbonyl (C=O) groups is 2. The van der Waals surface area contributed by atoms with Crippen LogP contribution in [0.3, 0.4) is 0 Å². The molecule has 1 N–H and O–H groups in total. The summed E-state index contributed by atoms with van der Waals surface area (Å²) in [6.45, 7) is 2.39. The number of amides is 1. The molecule has 1 aromatic heterocycles. The summed E-state index contributed by atoms with van der Waals surface area (Å²) in [6, 6.07) is 6.45. The number of halogens is 1. The third-order valence-corrected chi connectivity index (χ3v) is 4.31. The van der Waals surface area contributed by atoms with E-state index >= 15 is 0 Å². The lowest BCUT2D eigenvalue weighted by atomic mass is 9.92. The number of aliphatic carboxylic acids is 1. The molecule has 1 aromatic carbocycles. The number of nitrogens with zero attached hydrogens (tertiary/aromatic N) is 3. The Hall–Kier alpha value is -2.70. The van der Waals surface area contributed by atoms with E-state index in [1.165, 1.54) is 21.7 Å². The van der Waals surface area contributed by atoms with Gasteiger partial charge in [0.1, 0.15) is 11.9 Å². The molecule has 0 saturated carbocycles. The van der Waals surface area contributed by atoms with Gasteiger partial charge in [-0.05, 0) is 49.1 Å². The molecule has 3 rings (SSSR count). The van der Waals surface area contributed by atoms with Crippen LogP contribution in [-0.4, -0.2) is 44.3 Å². The monoisotopic (exact) mass is 331 g/mol. The van der Waals surface area contributed by atoms with E-state index in [-0.39, 0.29) is 17.4 Å². The molecular weight excluding hydrogens is 313 g/mol.